The average molecular weight is 456 g/mol. The van der Waals surface area contributed by atoms with Crippen LogP contribution >= 0.6 is 15.9 Å². The number of carbonyl (C=O) groups excluding carboxylic acids is 1. The van der Waals surface area contributed by atoms with E-state index >= 15 is 0 Å². The maximum absolute atomic E-state index is 13.8. The Morgan fingerprint density at radius 3 is 2.62 bits per heavy atom. The van der Waals surface area contributed by atoms with Crippen LogP contribution in [0.25, 0.3) is 16.9 Å². The number of anilines is 1. The molecule has 0 aliphatic heterocycles. The van der Waals surface area contributed by atoms with E-state index in [1.54, 1.807) is 0 Å². The molecule has 4 aromatic rings. The Balaban J connectivity index is 1.59. The van der Waals surface area contributed by atoms with Gasteiger partial charge in [-0.05, 0) is 42.8 Å². The van der Waals surface area contributed by atoms with Crippen LogP contribution in [0.2, 0.25) is 0 Å². The first-order valence-electron chi connectivity index (χ1n) is 8.98. The number of rotatable bonds is 5. The molecule has 0 aliphatic carbocycles. The monoisotopic (exact) mass is 455 g/mol. The second kappa shape index (κ2) is 8.13. The molecule has 4 rings (SSSR count). The van der Waals surface area contributed by atoms with Gasteiger partial charge in [-0.25, -0.2) is 13.8 Å². The highest BCUT2D eigenvalue weighted by Crippen LogP contribution is 2.27. The zero-order valence-electron chi connectivity index (χ0n) is 15.2. The molecule has 0 fully saturated rings. The SMILES string of the molecule is O=C(CCc1c(-c2ccc(Br)cc2)nc2ccccn12)Nc1ccc(F)cc1F. The van der Waals surface area contributed by atoms with E-state index in [1.807, 2.05) is 53.1 Å². The molecule has 2 aromatic carbocycles. The van der Waals surface area contributed by atoms with Crippen molar-refractivity contribution < 1.29 is 13.6 Å². The number of amides is 1. The second-order valence-corrected chi connectivity index (χ2v) is 7.43. The molecular formula is C22H16BrF2N3O. The predicted molar refractivity (Wildman–Crippen MR) is 112 cm³/mol. The van der Waals surface area contributed by atoms with E-state index in [0.717, 1.165) is 39.2 Å². The van der Waals surface area contributed by atoms with E-state index in [9.17, 15) is 13.6 Å². The third kappa shape index (κ3) is 4.19. The topological polar surface area (TPSA) is 46.4 Å². The molecule has 0 aliphatic rings. The van der Waals surface area contributed by atoms with Crippen molar-refractivity contribution in [1.82, 2.24) is 9.38 Å². The van der Waals surface area contributed by atoms with Crippen LogP contribution in [0.1, 0.15) is 12.1 Å². The van der Waals surface area contributed by atoms with Crippen molar-refractivity contribution >= 4 is 33.2 Å². The molecule has 0 unspecified atom stereocenters. The molecular weight excluding hydrogens is 440 g/mol. The summed E-state index contributed by atoms with van der Waals surface area (Å²) in [5.74, 6) is -1.85. The Bertz CT molecular complexity index is 1190. The molecule has 0 spiro atoms. The van der Waals surface area contributed by atoms with E-state index in [-0.39, 0.29) is 18.0 Å². The van der Waals surface area contributed by atoms with Crippen LogP contribution < -0.4 is 5.32 Å². The number of hydrogen-bond acceptors (Lipinski definition) is 2. The molecule has 29 heavy (non-hydrogen) atoms. The van der Waals surface area contributed by atoms with E-state index in [1.165, 1.54) is 6.07 Å². The molecule has 0 saturated carbocycles. The van der Waals surface area contributed by atoms with Gasteiger partial charge < -0.3 is 9.72 Å². The number of pyridine rings is 1. The fraction of sp³-hybridized carbons (Fsp3) is 0.0909. The molecule has 4 nitrogen and oxygen atoms in total. The van der Waals surface area contributed by atoms with Crippen molar-refractivity contribution in [3.05, 3.63) is 88.7 Å². The van der Waals surface area contributed by atoms with Crippen LogP contribution in [0.3, 0.4) is 0 Å². The quantitative estimate of drug-likeness (QED) is 0.424. The van der Waals surface area contributed by atoms with Crippen molar-refractivity contribution in [1.29, 1.82) is 0 Å². The molecule has 0 bridgehead atoms. The minimum Gasteiger partial charge on any atom is -0.324 e. The number of nitrogens with one attached hydrogen (secondary N) is 1. The molecule has 1 amide bonds. The summed E-state index contributed by atoms with van der Waals surface area (Å²) in [5, 5.41) is 2.50. The van der Waals surface area contributed by atoms with Crippen LogP contribution in [0.4, 0.5) is 14.5 Å². The Morgan fingerprint density at radius 2 is 1.86 bits per heavy atom. The van der Waals surface area contributed by atoms with Gasteiger partial charge in [-0.1, -0.05) is 34.1 Å². The Labute approximate surface area is 174 Å². The highest BCUT2D eigenvalue weighted by molar-refractivity contribution is 9.10. The normalized spacial score (nSPS) is 11.0. The van der Waals surface area contributed by atoms with Crippen molar-refractivity contribution in [2.45, 2.75) is 12.8 Å². The van der Waals surface area contributed by atoms with Gasteiger partial charge in [0, 0.05) is 28.7 Å². The highest BCUT2D eigenvalue weighted by atomic mass is 79.9. The van der Waals surface area contributed by atoms with Gasteiger partial charge in [0.2, 0.25) is 5.91 Å². The van der Waals surface area contributed by atoms with Crippen LogP contribution in [0.15, 0.2) is 71.3 Å². The number of hydrogen-bond donors (Lipinski definition) is 1. The van der Waals surface area contributed by atoms with Crippen LogP contribution in [0.5, 0.6) is 0 Å². The lowest BCUT2D eigenvalue weighted by Gasteiger charge is -2.08. The fourth-order valence-corrected chi connectivity index (χ4v) is 3.42. The number of benzene rings is 2. The Morgan fingerprint density at radius 1 is 1.07 bits per heavy atom. The van der Waals surface area contributed by atoms with Crippen molar-refractivity contribution in [3.8, 4) is 11.3 Å². The zero-order chi connectivity index (χ0) is 20.4. The van der Waals surface area contributed by atoms with E-state index < -0.39 is 11.6 Å². The molecule has 2 heterocycles. The minimum absolute atomic E-state index is 0.0392. The predicted octanol–water partition coefficient (Wildman–Crippen LogP) is 5.61. The van der Waals surface area contributed by atoms with Crippen molar-refractivity contribution in [2.24, 2.45) is 0 Å². The molecule has 0 atom stereocenters. The van der Waals surface area contributed by atoms with Crippen molar-refractivity contribution in [2.75, 3.05) is 5.32 Å². The first kappa shape index (κ1) is 19.3. The van der Waals surface area contributed by atoms with Gasteiger partial charge in [0.1, 0.15) is 17.3 Å². The maximum Gasteiger partial charge on any atom is 0.224 e. The van der Waals surface area contributed by atoms with Gasteiger partial charge >= 0.3 is 0 Å². The number of nitrogens with zero attached hydrogens (tertiary/aromatic N) is 2. The first-order chi connectivity index (χ1) is 14.0. The zero-order valence-corrected chi connectivity index (χ0v) is 16.8. The first-order valence-corrected chi connectivity index (χ1v) is 9.77. The van der Waals surface area contributed by atoms with Gasteiger partial charge in [0.25, 0.3) is 0 Å². The number of carbonyl (C=O) groups is 1. The third-order valence-corrected chi connectivity index (χ3v) is 5.07. The number of fused-ring (bicyclic) bond motifs is 1. The molecule has 0 saturated heterocycles. The standard InChI is InChI=1S/C22H16BrF2N3O/c23-15-6-4-14(5-7-15)22-19(28-12-2-1-3-20(28)27-22)10-11-21(29)26-18-9-8-16(24)13-17(18)25/h1-9,12-13H,10-11H2,(H,26,29). The molecule has 7 heteroatoms. The molecule has 146 valence electrons. The van der Waals surface area contributed by atoms with E-state index in [0.29, 0.717) is 6.42 Å². The lowest BCUT2D eigenvalue weighted by molar-refractivity contribution is -0.116. The lowest BCUT2D eigenvalue weighted by Crippen LogP contribution is -2.14. The maximum atomic E-state index is 13.8. The number of imidazole rings is 1. The lowest BCUT2D eigenvalue weighted by atomic mass is 10.1. The smallest absolute Gasteiger partial charge is 0.224 e. The summed E-state index contributed by atoms with van der Waals surface area (Å²) in [6.45, 7) is 0. The average Bonchev–Trinajstić information content (AvgIpc) is 3.08. The van der Waals surface area contributed by atoms with Gasteiger partial charge in [0.05, 0.1) is 17.1 Å². The number of aryl methyl sites for hydroxylation is 1. The summed E-state index contributed by atoms with van der Waals surface area (Å²) in [7, 11) is 0. The van der Waals surface area contributed by atoms with Crippen molar-refractivity contribution in [3.63, 3.8) is 0 Å². The summed E-state index contributed by atoms with van der Waals surface area (Å²) < 4.78 is 29.7. The molecule has 2 aromatic heterocycles. The summed E-state index contributed by atoms with van der Waals surface area (Å²) in [4.78, 5) is 17.1. The fourth-order valence-electron chi connectivity index (χ4n) is 3.16. The summed E-state index contributed by atoms with van der Waals surface area (Å²) in [5.41, 5.74) is 3.37. The Hall–Kier alpha value is -3.06. The van der Waals surface area contributed by atoms with E-state index in [2.05, 4.69) is 21.2 Å². The molecule has 1 N–H and O–H groups in total. The van der Waals surface area contributed by atoms with Gasteiger partial charge in [-0.15, -0.1) is 0 Å². The molecule has 0 radical (unpaired) electrons. The van der Waals surface area contributed by atoms with Crippen LogP contribution in [-0.2, 0) is 11.2 Å². The number of halogens is 3. The summed E-state index contributed by atoms with van der Waals surface area (Å²) in [6, 6.07) is 16.6. The third-order valence-electron chi connectivity index (χ3n) is 4.54. The summed E-state index contributed by atoms with van der Waals surface area (Å²) in [6.07, 6.45) is 2.44. The van der Waals surface area contributed by atoms with Gasteiger partial charge in [-0.2, -0.15) is 0 Å². The Kier molecular flexibility index (Phi) is 5.40. The summed E-state index contributed by atoms with van der Waals surface area (Å²) >= 11 is 3.43. The van der Waals surface area contributed by atoms with Crippen LogP contribution in [-0.4, -0.2) is 15.3 Å². The van der Waals surface area contributed by atoms with E-state index in [4.69, 9.17) is 4.98 Å². The highest BCUT2D eigenvalue weighted by Gasteiger charge is 2.16. The van der Waals surface area contributed by atoms with Gasteiger partial charge in [-0.3, -0.25) is 4.79 Å². The number of aromatic nitrogens is 2. The minimum atomic E-state index is -0.802. The van der Waals surface area contributed by atoms with Gasteiger partial charge in [0.15, 0.2) is 0 Å². The largest absolute Gasteiger partial charge is 0.324 e. The van der Waals surface area contributed by atoms with Crippen LogP contribution in [0, 0.1) is 11.6 Å². The second-order valence-electron chi connectivity index (χ2n) is 6.52.